The highest BCUT2D eigenvalue weighted by molar-refractivity contribution is 6.23. The summed E-state index contributed by atoms with van der Waals surface area (Å²) in [6.45, 7) is 0. The second-order valence-electron chi connectivity index (χ2n) is 3.47. The van der Waals surface area contributed by atoms with Gasteiger partial charge in [0.15, 0.2) is 0 Å². The summed E-state index contributed by atoms with van der Waals surface area (Å²) in [7, 11) is 1.38. The molecule has 1 fully saturated rings. The van der Waals surface area contributed by atoms with Gasteiger partial charge in [-0.25, -0.2) is 4.79 Å². The molecular weight excluding hydrogens is 200 g/mol. The molecule has 0 aliphatic heterocycles. The number of benzene rings is 1. The second kappa shape index (κ2) is 3.62. The van der Waals surface area contributed by atoms with Crippen molar-refractivity contribution >= 4 is 17.6 Å². The fourth-order valence-electron chi connectivity index (χ4n) is 1.49. The lowest BCUT2D eigenvalue weighted by molar-refractivity contribution is 0.0600. The van der Waals surface area contributed by atoms with Crippen molar-refractivity contribution in [2.45, 2.75) is 17.7 Å². The summed E-state index contributed by atoms with van der Waals surface area (Å²) < 4.78 is 4.61. The number of alkyl halides is 1. The molecule has 1 aliphatic carbocycles. The molecule has 0 heterocycles. The first-order valence-corrected chi connectivity index (χ1v) is 4.98. The Morgan fingerprint density at radius 1 is 1.43 bits per heavy atom. The van der Waals surface area contributed by atoms with Gasteiger partial charge in [0.25, 0.3) is 0 Å². The van der Waals surface area contributed by atoms with Crippen molar-refractivity contribution in [2.24, 2.45) is 0 Å². The van der Waals surface area contributed by atoms with E-state index in [4.69, 9.17) is 11.6 Å². The van der Waals surface area contributed by atoms with E-state index in [9.17, 15) is 4.79 Å². The third kappa shape index (κ3) is 1.75. The summed E-state index contributed by atoms with van der Waals surface area (Å²) in [6.07, 6.45) is 1.04. The van der Waals surface area contributed by atoms with Crippen LogP contribution in [0.2, 0.25) is 0 Å². The molecule has 0 spiro atoms. The van der Waals surface area contributed by atoms with Gasteiger partial charge < -0.3 is 4.74 Å². The standard InChI is InChI=1S/C11H11ClO2/c1-14-11(13)8-4-2-7(3-5-8)9-6-10(9)12/h2-5,9-10H,6H2,1H3/t9-,10+/m0/s1. The molecule has 0 unspecified atom stereocenters. The summed E-state index contributed by atoms with van der Waals surface area (Å²) >= 11 is 5.92. The van der Waals surface area contributed by atoms with Crippen LogP contribution >= 0.6 is 11.6 Å². The molecular formula is C11H11ClO2. The SMILES string of the molecule is COC(=O)c1ccc([C@@H]2C[C@H]2Cl)cc1. The Labute approximate surface area is 87.8 Å². The van der Waals surface area contributed by atoms with E-state index in [-0.39, 0.29) is 11.3 Å². The lowest BCUT2D eigenvalue weighted by Crippen LogP contribution is -2.00. The molecule has 0 N–H and O–H groups in total. The van der Waals surface area contributed by atoms with Crippen LogP contribution in [0.25, 0.3) is 0 Å². The Kier molecular flexibility index (Phi) is 2.46. The molecule has 0 aromatic heterocycles. The number of hydrogen-bond donors (Lipinski definition) is 0. The monoisotopic (exact) mass is 210 g/mol. The lowest BCUT2D eigenvalue weighted by atomic mass is 10.1. The van der Waals surface area contributed by atoms with Crippen LogP contribution in [-0.2, 0) is 4.74 Å². The minimum absolute atomic E-state index is 0.277. The Balaban J connectivity index is 2.14. The summed E-state index contributed by atoms with van der Waals surface area (Å²) in [5.74, 6) is 0.179. The summed E-state index contributed by atoms with van der Waals surface area (Å²) in [5, 5.41) is 0.277. The number of carbonyl (C=O) groups excluding carboxylic acids is 1. The lowest BCUT2D eigenvalue weighted by Gasteiger charge is -2.01. The molecule has 0 bridgehead atoms. The zero-order chi connectivity index (χ0) is 10.1. The topological polar surface area (TPSA) is 26.3 Å². The smallest absolute Gasteiger partial charge is 0.337 e. The van der Waals surface area contributed by atoms with Gasteiger partial charge in [-0.2, -0.15) is 0 Å². The van der Waals surface area contributed by atoms with Gasteiger partial charge in [-0.1, -0.05) is 12.1 Å². The van der Waals surface area contributed by atoms with Gasteiger partial charge in [0.05, 0.1) is 12.7 Å². The number of esters is 1. The van der Waals surface area contributed by atoms with Crippen molar-refractivity contribution in [1.82, 2.24) is 0 Å². The number of rotatable bonds is 2. The van der Waals surface area contributed by atoms with E-state index < -0.39 is 0 Å². The highest BCUT2D eigenvalue weighted by Crippen LogP contribution is 2.45. The molecule has 2 rings (SSSR count). The quantitative estimate of drug-likeness (QED) is 0.554. The van der Waals surface area contributed by atoms with E-state index in [2.05, 4.69) is 4.74 Å². The Morgan fingerprint density at radius 2 is 2.00 bits per heavy atom. The maximum absolute atomic E-state index is 11.1. The zero-order valence-corrected chi connectivity index (χ0v) is 8.62. The normalized spacial score (nSPS) is 24.4. The predicted molar refractivity (Wildman–Crippen MR) is 54.8 cm³/mol. The third-order valence-electron chi connectivity index (χ3n) is 2.47. The van der Waals surface area contributed by atoms with Crippen molar-refractivity contribution in [1.29, 1.82) is 0 Å². The predicted octanol–water partition coefficient (Wildman–Crippen LogP) is 2.57. The molecule has 1 aliphatic rings. The molecule has 1 aromatic rings. The van der Waals surface area contributed by atoms with E-state index in [0.29, 0.717) is 11.5 Å². The first-order chi connectivity index (χ1) is 6.72. The van der Waals surface area contributed by atoms with E-state index in [1.165, 1.54) is 12.7 Å². The summed E-state index contributed by atoms with van der Waals surface area (Å²) in [5.41, 5.74) is 1.79. The van der Waals surface area contributed by atoms with E-state index in [1.807, 2.05) is 12.1 Å². The molecule has 1 saturated carbocycles. The number of halogens is 1. The van der Waals surface area contributed by atoms with E-state index in [0.717, 1.165) is 6.42 Å². The number of carbonyl (C=O) groups is 1. The second-order valence-corrected chi connectivity index (χ2v) is 4.03. The minimum Gasteiger partial charge on any atom is -0.465 e. The first-order valence-electron chi connectivity index (χ1n) is 4.54. The fourth-order valence-corrected chi connectivity index (χ4v) is 1.83. The molecule has 2 atom stereocenters. The van der Waals surface area contributed by atoms with Gasteiger partial charge in [-0.15, -0.1) is 11.6 Å². The molecule has 3 heteroatoms. The van der Waals surface area contributed by atoms with Gasteiger partial charge in [-0.05, 0) is 24.1 Å². The zero-order valence-electron chi connectivity index (χ0n) is 7.87. The van der Waals surface area contributed by atoms with E-state index in [1.54, 1.807) is 12.1 Å². The van der Waals surface area contributed by atoms with Crippen LogP contribution in [0.1, 0.15) is 28.3 Å². The van der Waals surface area contributed by atoms with Crippen LogP contribution in [0.15, 0.2) is 24.3 Å². The van der Waals surface area contributed by atoms with Crippen molar-refractivity contribution in [2.75, 3.05) is 7.11 Å². The summed E-state index contributed by atoms with van der Waals surface area (Å²) in [6, 6.07) is 7.45. The van der Waals surface area contributed by atoms with Gasteiger partial charge in [0, 0.05) is 11.3 Å². The Bertz CT molecular complexity index is 345. The molecule has 2 nitrogen and oxygen atoms in total. The van der Waals surface area contributed by atoms with Crippen LogP contribution < -0.4 is 0 Å². The van der Waals surface area contributed by atoms with Crippen molar-refractivity contribution < 1.29 is 9.53 Å². The van der Waals surface area contributed by atoms with Gasteiger partial charge in [0.2, 0.25) is 0 Å². The third-order valence-corrected chi connectivity index (χ3v) is 2.95. The molecule has 74 valence electrons. The maximum Gasteiger partial charge on any atom is 0.337 e. The van der Waals surface area contributed by atoms with Crippen LogP contribution in [0.4, 0.5) is 0 Å². The average molecular weight is 211 g/mol. The molecule has 0 radical (unpaired) electrons. The van der Waals surface area contributed by atoms with Crippen LogP contribution in [-0.4, -0.2) is 18.5 Å². The first kappa shape index (κ1) is 9.53. The van der Waals surface area contributed by atoms with Crippen molar-refractivity contribution in [3.63, 3.8) is 0 Å². The van der Waals surface area contributed by atoms with E-state index >= 15 is 0 Å². The molecule has 14 heavy (non-hydrogen) atoms. The minimum atomic E-state index is -0.297. The van der Waals surface area contributed by atoms with Crippen LogP contribution in [0.3, 0.4) is 0 Å². The number of ether oxygens (including phenoxy) is 1. The number of methoxy groups -OCH3 is 1. The van der Waals surface area contributed by atoms with Crippen molar-refractivity contribution in [3.05, 3.63) is 35.4 Å². The van der Waals surface area contributed by atoms with Crippen LogP contribution in [0.5, 0.6) is 0 Å². The Morgan fingerprint density at radius 3 is 2.43 bits per heavy atom. The van der Waals surface area contributed by atoms with Gasteiger partial charge in [0.1, 0.15) is 0 Å². The van der Waals surface area contributed by atoms with Crippen molar-refractivity contribution in [3.8, 4) is 0 Å². The fraction of sp³-hybridized carbons (Fsp3) is 0.364. The molecule has 0 amide bonds. The molecule has 1 aromatic carbocycles. The maximum atomic E-state index is 11.1. The Hall–Kier alpha value is -1.02. The largest absolute Gasteiger partial charge is 0.465 e. The summed E-state index contributed by atoms with van der Waals surface area (Å²) in [4.78, 5) is 11.1. The van der Waals surface area contributed by atoms with Gasteiger partial charge in [-0.3, -0.25) is 0 Å². The van der Waals surface area contributed by atoms with Crippen LogP contribution in [0, 0.1) is 0 Å². The highest BCUT2D eigenvalue weighted by Gasteiger charge is 2.36. The highest BCUT2D eigenvalue weighted by atomic mass is 35.5. The van der Waals surface area contributed by atoms with Gasteiger partial charge >= 0.3 is 5.97 Å². The average Bonchev–Trinajstić information content (AvgIpc) is 2.95. The molecule has 0 saturated heterocycles. The number of hydrogen-bond acceptors (Lipinski definition) is 2.